The van der Waals surface area contributed by atoms with Crippen LogP contribution in [-0.2, 0) is 35.6 Å². The standard InChI is InChI=1S/C22H24O6/c1-4-27-20(24)22(21(25)28-5-2,18-9-7-6-8-10-18)15-16-11-13-17(14-12-16)19(23)26-3/h6-14H,4-5,15H2,1-3H3. The highest BCUT2D eigenvalue weighted by molar-refractivity contribution is 6.06. The molecule has 0 saturated heterocycles. The summed E-state index contributed by atoms with van der Waals surface area (Å²) in [5.74, 6) is -1.80. The van der Waals surface area contributed by atoms with Crippen LogP contribution in [-0.4, -0.2) is 38.2 Å². The zero-order chi connectivity index (χ0) is 20.6. The SMILES string of the molecule is CCOC(=O)C(Cc1ccc(C(=O)OC)cc1)(C(=O)OCC)c1ccccc1. The van der Waals surface area contributed by atoms with Crippen LogP contribution in [0.1, 0.15) is 35.3 Å². The quantitative estimate of drug-likeness (QED) is 0.395. The van der Waals surface area contributed by atoms with Gasteiger partial charge >= 0.3 is 17.9 Å². The van der Waals surface area contributed by atoms with Gasteiger partial charge in [-0.25, -0.2) is 4.79 Å². The molecule has 148 valence electrons. The van der Waals surface area contributed by atoms with Crippen LogP contribution in [0.25, 0.3) is 0 Å². The topological polar surface area (TPSA) is 78.9 Å². The number of carbonyl (C=O) groups excluding carboxylic acids is 3. The molecule has 0 bridgehead atoms. The molecule has 2 rings (SSSR count). The molecule has 0 aliphatic heterocycles. The fraction of sp³-hybridized carbons (Fsp3) is 0.318. The van der Waals surface area contributed by atoms with Crippen molar-refractivity contribution < 1.29 is 28.6 Å². The molecular formula is C22H24O6. The lowest BCUT2D eigenvalue weighted by molar-refractivity contribution is -0.165. The van der Waals surface area contributed by atoms with Crippen molar-refractivity contribution in [3.05, 3.63) is 71.3 Å². The number of esters is 3. The molecule has 0 aliphatic carbocycles. The van der Waals surface area contributed by atoms with Crippen LogP contribution in [0.2, 0.25) is 0 Å². The Morgan fingerprint density at radius 2 is 1.36 bits per heavy atom. The van der Waals surface area contributed by atoms with Gasteiger partial charge in [0.05, 0.1) is 25.9 Å². The molecule has 0 heterocycles. The molecule has 2 aromatic carbocycles. The monoisotopic (exact) mass is 384 g/mol. The lowest BCUT2D eigenvalue weighted by atomic mass is 9.75. The second-order valence-corrected chi connectivity index (χ2v) is 6.08. The van der Waals surface area contributed by atoms with Crippen molar-refractivity contribution in [2.45, 2.75) is 25.7 Å². The van der Waals surface area contributed by atoms with E-state index >= 15 is 0 Å². The van der Waals surface area contributed by atoms with E-state index in [1.165, 1.54) is 7.11 Å². The molecule has 0 N–H and O–H groups in total. The minimum Gasteiger partial charge on any atom is -0.465 e. The van der Waals surface area contributed by atoms with Gasteiger partial charge in [-0.05, 0) is 37.1 Å². The molecule has 0 radical (unpaired) electrons. The minimum atomic E-state index is -1.64. The van der Waals surface area contributed by atoms with Crippen LogP contribution in [0.5, 0.6) is 0 Å². The molecule has 6 heteroatoms. The molecule has 0 aliphatic rings. The van der Waals surface area contributed by atoms with Crippen molar-refractivity contribution >= 4 is 17.9 Å². The fourth-order valence-corrected chi connectivity index (χ4v) is 2.98. The van der Waals surface area contributed by atoms with Gasteiger partial charge in [0.25, 0.3) is 0 Å². The van der Waals surface area contributed by atoms with Crippen molar-refractivity contribution in [1.29, 1.82) is 0 Å². The van der Waals surface area contributed by atoms with E-state index in [-0.39, 0.29) is 19.6 Å². The Morgan fingerprint density at radius 3 is 1.82 bits per heavy atom. The van der Waals surface area contributed by atoms with E-state index in [2.05, 4.69) is 0 Å². The molecule has 0 fully saturated rings. The largest absolute Gasteiger partial charge is 0.465 e. The highest BCUT2D eigenvalue weighted by Crippen LogP contribution is 2.32. The number of hydrogen-bond donors (Lipinski definition) is 0. The van der Waals surface area contributed by atoms with E-state index in [1.54, 1.807) is 68.4 Å². The first-order valence-corrected chi connectivity index (χ1v) is 9.06. The van der Waals surface area contributed by atoms with Gasteiger partial charge in [-0.15, -0.1) is 0 Å². The molecule has 0 spiro atoms. The molecule has 2 aromatic rings. The zero-order valence-corrected chi connectivity index (χ0v) is 16.3. The van der Waals surface area contributed by atoms with Crippen LogP contribution in [0.15, 0.2) is 54.6 Å². The second-order valence-electron chi connectivity index (χ2n) is 6.08. The first-order valence-electron chi connectivity index (χ1n) is 9.06. The molecule has 28 heavy (non-hydrogen) atoms. The lowest BCUT2D eigenvalue weighted by Crippen LogP contribution is -2.48. The summed E-state index contributed by atoms with van der Waals surface area (Å²) in [6.07, 6.45) is 0.0378. The van der Waals surface area contributed by atoms with Crippen molar-refractivity contribution in [3.8, 4) is 0 Å². The van der Waals surface area contributed by atoms with Crippen LogP contribution in [0.3, 0.4) is 0 Å². The van der Waals surface area contributed by atoms with E-state index < -0.39 is 23.3 Å². The summed E-state index contributed by atoms with van der Waals surface area (Å²) >= 11 is 0. The first kappa shape index (κ1) is 21.2. The molecule has 0 aromatic heterocycles. The van der Waals surface area contributed by atoms with Gasteiger partial charge in [-0.2, -0.15) is 0 Å². The summed E-state index contributed by atoms with van der Waals surface area (Å²) in [6.45, 7) is 3.64. The summed E-state index contributed by atoms with van der Waals surface area (Å²) in [4.78, 5) is 37.7. The third-order valence-electron chi connectivity index (χ3n) is 4.36. The van der Waals surface area contributed by atoms with E-state index in [1.807, 2.05) is 0 Å². The number of methoxy groups -OCH3 is 1. The summed E-state index contributed by atoms with van der Waals surface area (Å²) in [5, 5.41) is 0. The predicted molar refractivity (Wildman–Crippen MR) is 103 cm³/mol. The summed E-state index contributed by atoms with van der Waals surface area (Å²) < 4.78 is 15.2. The minimum absolute atomic E-state index is 0.0378. The second kappa shape index (κ2) is 9.69. The maximum Gasteiger partial charge on any atom is 0.337 e. The third-order valence-corrected chi connectivity index (χ3v) is 4.36. The van der Waals surface area contributed by atoms with Crippen molar-refractivity contribution in [2.75, 3.05) is 20.3 Å². The lowest BCUT2D eigenvalue weighted by Gasteiger charge is -2.30. The zero-order valence-electron chi connectivity index (χ0n) is 16.3. The maximum atomic E-state index is 13.0. The Hall–Kier alpha value is -3.15. The summed E-state index contributed by atoms with van der Waals surface area (Å²) in [6, 6.07) is 15.3. The number of carbonyl (C=O) groups is 3. The van der Waals surface area contributed by atoms with Crippen molar-refractivity contribution in [3.63, 3.8) is 0 Å². The molecule has 0 amide bonds. The summed E-state index contributed by atoms with van der Waals surface area (Å²) in [5.41, 5.74) is -0.0922. The van der Waals surface area contributed by atoms with E-state index in [9.17, 15) is 14.4 Å². The van der Waals surface area contributed by atoms with Crippen LogP contribution < -0.4 is 0 Å². The Balaban J connectivity index is 2.54. The predicted octanol–water partition coefficient (Wildman–Crippen LogP) is 3.08. The number of rotatable bonds is 8. The average molecular weight is 384 g/mol. The molecule has 6 nitrogen and oxygen atoms in total. The third kappa shape index (κ3) is 4.39. The van der Waals surface area contributed by atoms with Crippen molar-refractivity contribution in [1.82, 2.24) is 0 Å². The Morgan fingerprint density at radius 1 is 0.821 bits per heavy atom. The molecule has 0 atom stereocenters. The molecule has 0 saturated carbocycles. The highest BCUT2D eigenvalue weighted by Gasteiger charge is 2.50. The number of ether oxygens (including phenoxy) is 3. The van der Waals surface area contributed by atoms with Crippen LogP contribution >= 0.6 is 0 Å². The molecule has 0 unspecified atom stereocenters. The number of benzene rings is 2. The normalized spacial score (nSPS) is 10.8. The van der Waals surface area contributed by atoms with Gasteiger partial charge < -0.3 is 14.2 Å². The van der Waals surface area contributed by atoms with Gasteiger partial charge in [0, 0.05) is 6.42 Å². The van der Waals surface area contributed by atoms with Crippen molar-refractivity contribution in [2.24, 2.45) is 0 Å². The van der Waals surface area contributed by atoms with Gasteiger partial charge in [0.2, 0.25) is 0 Å². The van der Waals surface area contributed by atoms with Gasteiger partial charge in [-0.1, -0.05) is 42.5 Å². The van der Waals surface area contributed by atoms with Crippen LogP contribution in [0.4, 0.5) is 0 Å². The Bertz CT molecular complexity index is 793. The smallest absolute Gasteiger partial charge is 0.337 e. The molecular weight excluding hydrogens is 360 g/mol. The van der Waals surface area contributed by atoms with E-state index in [4.69, 9.17) is 14.2 Å². The number of hydrogen-bond acceptors (Lipinski definition) is 6. The van der Waals surface area contributed by atoms with Gasteiger partial charge in [-0.3, -0.25) is 9.59 Å². The average Bonchev–Trinajstić information content (AvgIpc) is 2.72. The maximum absolute atomic E-state index is 13.0. The first-order chi connectivity index (χ1) is 13.5. The van der Waals surface area contributed by atoms with Crippen LogP contribution in [0, 0.1) is 0 Å². The fourth-order valence-electron chi connectivity index (χ4n) is 2.98. The Kier molecular flexibility index (Phi) is 7.32. The Labute approximate surface area is 164 Å². The summed E-state index contributed by atoms with van der Waals surface area (Å²) in [7, 11) is 1.30. The highest BCUT2D eigenvalue weighted by atomic mass is 16.6. The van der Waals surface area contributed by atoms with Gasteiger partial charge in [0.15, 0.2) is 5.41 Å². The van der Waals surface area contributed by atoms with E-state index in [0.717, 1.165) is 0 Å². The van der Waals surface area contributed by atoms with Gasteiger partial charge in [0.1, 0.15) is 0 Å². The van der Waals surface area contributed by atoms with E-state index in [0.29, 0.717) is 16.7 Å².